The molecule has 0 saturated carbocycles. The molecule has 4 aromatic rings. The van der Waals surface area contributed by atoms with E-state index in [1.807, 2.05) is 0 Å². The Hall–Kier alpha value is -5.05. The van der Waals surface area contributed by atoms with Gasteiger partial charge >= 0.3 is 21.2 Å². The number of hydrogen-bond donors (Lipinski definition) is 0. The largest absolute Gasteiger partial charge is 0.457 e. The fraction of sp³-hybridized carbons (Fsp3) is 0.0769. The van der Waals surface area contributed by atoms with Gasteiger partial charge in [0, 0.05) is 83.6 Å². The molecular weight excluding hydrogens is 766 g/mol. The maximum Gasteiger partial charge on any atom is 0.457 e. The molecule has 3 heterocycles. The van der Waals surface area contributed by atoms with Crippen molar-refractivity contribution in [2.45, 2.75) is 12.8 Å². The Bertz CT molecular complexity index is 2270. The van der Waals surface area contributed by atoms with Gasteiger partial charge in [-0.15, -0.1) is 13.5 Å². The molecule has 256 valence electrons. The van der Waals surface area contributed by atoms with Gasteiger partial charge in [-0.3, -0.25) is 40.5 Å². The molecule has 4 aromatic carbocycles. The summed E-state index contributed by atoms with van der Waals surface area (Å²) in [5, 5.41) is 46.7. The van der Waals surface area contributed by atoms with E-state index in [4.69, 9.17) is 40.6 Å². The summed E-state index contributed by atoms with van der Waals surface area (Å²) in [5.74, 6) is -0.0940. The Morgan fingerprint density at radius 3 is 1.10 bits per heavy atom. The quantitative estimate of drug-likeness (QED) is 0.107. The van der Waals surface area contributed by atoms with Crippen molar-refractivity contribution in [2.24, 2.45) is 13.5 Å². The summed E-state index contributed by atoms with van der Waals surface area (Å²) < 4.78 is 38.6. The predicted molar refractivity (Wildman–Crippen MR) is 180 cm³/mol. The van der Waals surface area contributed by atoms with Crippen molar-refractivity contribution in [3.05, 3.63) is 136 Å². The molecule has 7 rings (SSSR count). The summed E-state index contributed by atoms with van der Waals surface area (Å²) >= 11 is 14.1. The van der Waals surface area contributed by atoms with Crippen LogP contribution in [-0.2, 0) is 12.8 Å². The van der Waals surface area contributed by atoms with E-state index in [9.17, 15) is 40.5 Å². The molecule has 50 heavy (non-hydrogen) atoms. The van der Waals surface area contributed by atoms with Crippen LogP contribution in [-0.4, -0.2) is 19.7 Å². The van der Waals surface area contributed by atoms with Crippen molar-refractivity contribution in [2.75, 3.05) is 0 Å². The van der Waals surface area contributed by atoms with E-state index in [2.05, 4.69) is 13.5 Å². The van der Waals surface area contributed by atoms with Gasteiger partial charge in [-0.1, -0.05) is 0 Å². The predicted octanol–water partition coefficient (Wildman–Crippen LogP) is 10.1. The highest BCUT2D eigenvalue weighted by atomic mass is 35.7. The van der Waals surface area contributed by atoms with Gasteiger partial charge in [0.15, 0.2) is 0 Å². The number of nitro benzene ring substituents is 4. The van der Waals surface area contributed by atoms with Crippen molar-refractivity contribution in [1.82, 2.24) is 0 Å². The van der Waals surface area contributed by atoms with Crippen LogP contribution in [0.5, 0.6) is 23.0 Å². The maximum absolute atomic E-state index is 11.7. The Labute approximate surface area is 288 Å². The molecule has 19 nitrogen and oxygen atoms in total. The first-order valence-corrected chi connectivity index (χ1v) is 20.4. The van der Waals surface area contributed by atoms with E-state index < -0.39 is 40.9 Å². The molecule has 3 aliphatic rings. The molecule has 0 radical (unpaired) electrons. The summed E-state index contributed by atoms with van der Waals surface area (Å²) in [6.45, 7) is -8.24. The molecule has 3 aliphatic heterocycles. The third-order valence-corrected chi connectivity index (χ3v) is 17.2. The lowest BCUT2D eigenvalue weighted by Crippen LogP contribution is -2.10. The van der Waals surface area contributed by atoms with Gasteiger partial charge in [0.25, 0.3) is 22.7 Å². The Balaban J connectivity index is 1.50. The van der Waals surface area contributed by atoms with Crippen LogP contribution in [0.2, 0.25) is 0 Å². The molecule has 0 aliphatic carbocycles. The first kappa shape index (κ1) is 33.4. The van der Waals surface area contributed by atoms with Gasteiger partial charge in [-0.2, -0.15) is 0 Å². The molecule has 2 bridgehead atoms. The minimum Gasteiger partial charge on any atom is -0.430 e. The smallest absolute Gasteiger partial charge is 0.430 e. The summed E-state index contributed by atoms with van der Waals surface area (Å²) in [6.07, 6.45) is -0.278. The van der Waals surface area contributed by atoms with Crippen LogP contribution in [0.3, 0.4) is 0 Å². The van der Waals surface area contributed by atoms with E-state index in [1.54, 1.807) is 0 Å². The van der Waals surface area contributed by atoms with E-state index in [0.29, 0.717) is 0 Å². The highest BCUT2D eigenvalue weighted by Crippen LogP contribution is 2.82. The second kappa shape index (κ2) is 12.1. The molecule has 1 spiro atoms. The molecule has 0 N–H and O–H groups in total. The maximum atomic E-state index is 11.7. The number of halogens is 2. The molecule has 0 saturated heterocycles. The summed E-state index contributed by atoms with van der Waals surface area (Å²) in [7, 11) is -4.28. The van der Waals surface area contributed by atoms with E-state index in [0.717, 1.165) is 24.3 Å². The third-order valence-electron chi connectivity index (χ3n) is 7.31. The van der Waals surface area contributed by atoms with Gasteiger partial charge in [-0.05, 0) is 46.7 Å². The second-order valence-electron chi connectivity index (χ2n) is 10.6. The van der Waals surface area contributed by atoms with E-state index in [1.165, 1.54) is 48.5 Å². The number of nitro groups is 4. The van der Waals surface area contributed by atoms with Gasteiger partial charge in [0.2, 0.25) is 0 Å². The van der Waals surface area contributed by atoms with Gasteiger partial charge in [0.05, 0.1) is 19.7 Å². The van der Waals surface area contributed by atoms with Crippen LogP contribution in [0.4, 0.5) is 22.7 Å². The third kappa shape index (κ3) is 6.37. The fourth-order valence-electron chi connectivity index (χ4n) is 5.18. The van der Waals surface area contributed by atoms with Crippen LogP contribution >= 0.6 is 43.7 Å². The summed E-state index contributed by atoms with van der Waals surface area (Å²) in [4.78, 5) is 44.2. The van der Waals surface area contributed by atoms with Crippen LogP contribution in [0.25, 0.3) is 0 Å². The molecule has 24 heteroatoms. The van der Waals surface area contributed by atoms with Crippen molar-refractivity contribution >= 4 is 66.5 Å². The number of non-ortho nitro benzene ring substituents is 4. The van der Waals surface area contributed by atoms with Crippen LogP contribution in [0, 0.1) is 40.5 Å². The summed E-state index contributed by atoms with van der Waals surface area (Å²) in [6, 6.07) is 14.5. The highest BCUT2D eigenvalue weighted by Gasteiger charge is 2.45. The number of benzene rings is 4. The standard InChI is InChI=1S/C26H16Cl2N7O12P3/c27-48-29-49(28,45-24-6-2-20(33(38)39)12-16(24)9-15-11-19(32(36)37)1-5-23(15)44-48)31-50(30-48)46-25-7-3-21(34(40)41)13-17(25)10-18-14-22(35(42)43)4-8-26(18)47-50/h1-8,11-14H,9-10H2/t48-,49+. The first-order chi connectivity index (χ1) is 23.6. The lowest BCUT2D eigenvalue weighted by atomic mass is 10.0. The lowest BCUT2D eigenvalue weighted by Gasteiger charge is -2.32. The first-order valence-electron chi connectivity index (χ1n) is 13.8. The number of fused-ring (bicyclic) bond motifs is 5. The van der Waals surface area contributed by atoms with Crippen molar-refractivity contribution in [3.8, 4) is 23.0 Å². The minimum absolute atomic E-state index is 0.0129. The zero-order chi connectivity index (χ0) is 35.6. The zero-order valence-corrected chi connectivity index (χ0v) is 28.7. The molecule has 0 aromatic heterocycles. The molecular formula is C26H16Cl2N7O12P3. The monoisotopic (exact) mass is 781 g/mol. The number of nitrogens with zero attached hydrogens (tertiary/aromatic N) is 7. The average molecular weight is 782 g/mol. The molecule has 0 amide bonds. The van der Waals surface area contributed by atoms with Crippen molar-refractivity contribution < 1.29 is 37.8 Å². The Kier molecular flexibility index (Phi) is 8.08. The van der Waals surface area contributed by atoms with Crippen LogP contribution in [0.15, 0.2) is 86.3 Å². The van der Waals surface area contributed by atoms with Crippen molar-refractivity contribution in [1.29, 1.82) is 0 Å². The fourth-order valence-corrected chi connectivity index (χ4v) is 16.8. The normalized spacial score (nSPS) is 20.9. The Morgan fingerprint density at radius 1 is 0.480 bits per heavy atom. The second-order valence-corrected chi connectivity index (χ2v) is 19.0. The Morgan fingerprint density at radius 2 is 0.780 bits per heavy atom. The highest BCUT2D eigenvalue weighted by molar-refractivity contribution is 8.00. The van der Waals surface area contributed by atoms with E-state index in [-0.39, 0.29) is 80.8 Å². The van der Waals surface area contributed by atoms with Gasteiger partial charge in [-0.25, -0.2) is 0 Å². The number of hydrogen-bond acceptors (Lipinski definition) is 15. The molecule has 0 fully saturated rings. The molecule has 2 atom stereocenters. The van der Waals surface area contributed by atoms with Crippen molar-refractivity contribution in [3.63, 3.8) is 0 Å². The number of rotatable bonds is 4. The minimum atomic E-state index is -4.28. The zero-order valence-electron chi connectivity index (χ0n) is 24.5. The lowest BCUT2D eigenvalue weighted by molar-refractivity contribution is -0.385. The van der Waals surface area contributed by atoms with Gasteiger partial charge in [0.1, 0.15) is 23.0 Å². The topological polar surface area (TPSA) is 247 Å². The molecule has 0 unspecified atom stereocenters. The summed E-state index contributed by atoms with van der Waals surface area (Å²) in [5.41, 5.74) is -0.483. The average Bonchev–Trinajstić information content (AvgIpc) is 3.02. The van der Waals surface area contributed by atoms with Crippen LogP contribution in [0.1, 0.15) is 22.3 Å². The van der Waals surface area contributed by atoms with Gasteiger partial charge < -0.3 is 18.1 Å². The van der Waals surface area contributed by atoms with E-state index >= 15 is 0 Å². The van der Waals surface area contributed by atoms with Crippen LogP contribution < -0.4 is 18.1 Å². The SMILES string of the molecule is O=[N+]([O-])c1ccc2c(c1)Cc1cc([N+](=O)[O-])ccc1OP1(=N[P@@]3(Cl)=N[P@@](Cl)(=N1)Oc1ccc([N+](=O)[O-])cc1Cc1cc([N+](=O)[O-])ccc1O3)O2.